The largest absolute Gasteiger partial charge is 0.383 e. The molecule has 0 aromatic carbocycles. The molecule has 0 saturated heterocycles. The molecule has 0 bridgehead atoms. The maximum absolute atomic E-state index is 12.6. The van der Waals surface area contributed by atoms with E-state index in [1.165, 1.54) is 6.20 Å². The highest BCUT2D eigenvalue weighted by atomic mass is 35.5. The lowest BCUT2D eigenvalue weighted by atomic mass is 10.1. The van der Waals surface area contributed by atoms with Crippen LogP contribution in [0.1, 0.15) is 27.4 Å². The molecular formula is C14H19ClN4O2. The van der Waals surface area contributed by atoms with Crippen molar-refractivity contribution in [3.63, 3.8) is 0 Å². The normalized spacial score (nSPS) is 11.1. The predicted octanol–water partition coefficient (Wildman–Crippen LogP) is 1.96. The van der Waals surface area contributed by atoms with Gasteiger partial charge in [0.15, 0.2) is 5.78 Å². The van der Waals surface area contributed by atoms with Crippen LogP contribution >= 0.6 is 11.6 Å². The van der Waals surface area contributed by atoms with Gasteiger partial charge in [0, 0.05) is 31.8 Å². The average Bonchev–Trinajstić information content (AvgIpc) is 2.91. The third kappa shape index (κ3) is 3.16. The summed E-state index contributed by atoms with van der Waals surface area (Å²) in [4.78, 5) is 12.6. The van der Waals surface area contributed by atoms with Gasteiger partial charge >= 0.3 is 0 Å². The fourth-order valence-corrected chi connectivity index (χ4v) is 2.55. The summed E-state index contributed by atoms with van der Waals surface area (Å²) in [6, 6.07) is 0. The van der Waals surface area contributed by atoms with Gasteiger partial charge in [-0.3, -0.25) is 14.2 Å². The Morgan fingerprint density at radius 3 is 2.71 bits per heavy atom. The minimum Gasteiger partial charge on any atom is -0.383 e. The number of halogens is 1. The Balaban J connectivity index is 2.26. The van der Waals surface area contributed by atoms with E-state index >= 15 is 0 Å². The molecule has 0 aliphatic carbocycles. The smallest absolute Gasteiger partial charge is 0.186 e. The van der Waals surface area contributed by atoms with Crippen molar-refractivity contribution in [3.8, 4) is 0 Å². The number of carbonyl (C=O) groups is 1. The van der Waals surface area contributed by atoms with Gasteiger partial charge in [-0.05, 0) is 13.8 Å². The van der Waals surface area contributed by atoms with Gasteiger partial charge in [0.25, 0.3) is 0 Å². The van der Waals surface area contributed by atoms with Crippen LogP contribution in [-0.4, -0.2) is 39.1 Å². The van der Waals surface area contributed by atoms with Gasteiger partial charge < -0.3 is 4.74 Å². The van der Waals surface area contributed by atoms with Crippen LogP contribution in [0.3, 0.4) is 0 Å². The summed E-state index contributed by atoms with van der Waals surface area (Å²) in [6.45, 7) is 4.82. The predicted molar refractivity (Wildman–Crippen MR) is 79.8 cm³/mol. The molecule has 114 valence electrons. The molecule has 2 heterocycles. The summed E-state index contributed by atoms with van der Waals surface area (Å²) in [5.74, 6) is -0.0622. The van der Waals surface area contributed by atoms with Crippen molar-refractivity contribution in [2.45, 2.75) is 26.8 Å². The molecule has 21 heavy (non-hydrogen) atoms. The zero-order valence-electron chi connectivity index (χ0n) is 12.7. The van der Waals surface area contributed by atoms with Crippen molar-refractivity contribution < 1.29 is 9.53 Å². The molecule has 0 amide bonds. The number of carbonyl (C=O) groups excluding carboxylic acids is 1. The van der Waals surface area contributed by atoms with Crippen LogP contribution in [0.25, 0.3) is 0 Å². The Morgan fingerprint density at radius 1 is 1.43 bits per heavy atom. The van der Waals surface area contributed by atoms with Crippen LogP contribution in [0.5, 0.6) is 0 Å². The quantitative estimate of drug-likeness (QED) is 0.765. The summed E-state index contributed by atoms with van der Waals surface area (Å²) >= 11 is 6.10. The SMILES string of the molecule is COCCn1ncc(Cl)c1C(=O)Cc1c(C)nn(C)c1C. The van der Waals surface area contributed by atoms with Gasteiger partial charge in [0.1, 0.15) is 5.69 Å². The van der Waals surface area contributed by atoms with Gasteiger partial charge in [-0.25, -0.2) is 0 Å². The first-order valence-electron chi connectivity index (χ1n) is 6.68. The Morgan fingerprint density at radius 2 is 2.14 bits per heavy atom. The number of hydrogen-bond acceptors (Lipinski definition) is 4. The first-order valence-corrected chi connectivity index (χ1v) is 7.06. The number of aryl methyl sites for hydroxylation is 2. The minimum absolute atomic E-state index is 0.0622. The van der Waals surface area contributed by atoms with Crippen LogP contribution in [0.4, 0.5) is 0 Å². The van der Waals surface area contributed by atoms with Crippen molar-refractivity contribution >= 4 is 17.4 Å². The van der Waals surface area contributed by atoms with Crippen molar-refractivity contribution in [2.75, 3.05) is 13.7 Å². The van der Waals surface area contributed by atoms with Crippen molar-refractivity contribution in [1.29, 1.82) is 0 Å². The second-order valence-corrected chi connectivity index (χ2v) is 5.34. The highest BCUT2D eigenvalue weighted by molar-refractivity contribution is 6.33. The van der Waals surface area contributed by atoms with Crippen molar-refractivity contribution in [2.24, 2.45) is 7.05 Å². The first kappa shape index (κ1) is 15.7. The second kappa shape index (κ2) is 6.41. The van der Waals surface area contributed by atoms with Crippen LogP contribution in [0, 0.1) is 13.8 Å². The molecule has 6 nitrogen and oxygen atoms in total. The van der Waals surface area contributed by atoms with E-state index in [-0.39, 0.29) is 12.2 Å². The number of ketones is 1. The van der Waals surface area contributed by atoms with Crippen molar-refractivity contribution in [3.05, 3.63) is 33.9 Å². The average molecular weight is 311 g/mol. The monoisotopic (exact) mass is 310 g/mol. The highest BCUT2D eigenvalue weighted by Gasteiger charge is 2.21. The molecule has 2 aromatic rings. The van der Waals surface area contributed by atoms with E-state index in [2.05, 4.69) is 10.2 Å². The lowest BCUT2D eigenvalue weighted by Crippen LogP contribution is -2.16. The third-order valence-electron chi connectivity index (χ3n) is 3.56. The topological polar surface area (TPSA) is 61.9 Å². The van der Waals surface area contributed by atoms with Gasteiger partial charge in [-0.2, -0.15) is 10.2 Å². The Bertz CT molecular complexity index is 660. The number of rotatable bonds is 6. The summed E-state index contributed by atoms with van der Waals surface area (Å²) in [7, 11) is 3.47. The Kier molecular flexibility index (Phi) is 4.80. The standard InChI is InChI=1S/C14H19ClN4O2/c1-9-11(10(2)18(3)17-9)7-13(20)14-12(15)8-16-19(14)5-6-21-4/h8H,5-7H2,1-4H3. The minimum atomic E-state index is -0.0622. The highest BCUT2D eigenvalue weighted by Crippen LogP contribution is 2.20. The molecule has 0 spiro atoms. The van der Waals surface area contributed by atoms with Gasteiger partial charge in [0.05, 0.1) is 30.1 Å². The molecular weight excluding hydrogens is 292 g/mol. The molecule has 0 atom stereocenters. The van der Waals surface area contributed by atoms with E-state index in [4.69, 9.17) is 16.3 Å². The summed E-state index contributed by atoms with van der Waals surface area (Å²) in [5.41, 5.74) is 3.22. The number of Topliss-reactive ketones (excluding diaryl/α,β-unsaturated/α-hetero) is 1. The van der Waals surface area contributed by atoms with E-state index in [0.29, 0.717) is 23.9 Å². The Labute approximate surface area is 128 Å². The van der Waals surface area contributed by atoms with E-state index < -0.39 is 0 Å². The summed E-state index contributed by atoms with van der Waals surface area (Å²) < 4.78 is 8.39. The van der Waals surface area contributed by atoms with Crippen LogP contribution < -0.4 is 0 Å². The number of aromatic nitrogens is 4. The number of methoxy groups -OCH3 is 1. The van der Waals surface area contributed by atoms with E-state index in [1.54, 1.807) is 16.5 Å². The van der Waals surface area contributed by atoms with E-state index in [9.17, 15) is 4.79 Å². The maximum atomic E-state index is 12.6. The summed E-state index contributed by atoms with van der Waals surface area (Å²) in [6.07, 6.45) is 1.76. The number of nitrogens with zero attached hydrogens (tertiary/aromatic N) is 4. The van der Waals surface area contributed by atoms with Crippen LogP contribution in [0.15, 0.2) is 6.20 Å². The van der Waals surface area contributed by atoms with Crippen LogP contribution in [-0.2, 0) is 24.8 Å². The Hall–Kier alpha value is -1.66. The van der Waals surface area contributed by atoms with Crippen LogP contribution in [0.2, 0.25) is 5.02 Å². The molecule has 0 radical (unpaired) electrons. The molecule has 7 heteroatoms. The van der Waals surface area contributed by atoms with Gasteiger partial charge in [-0.1, -0.05) is 11.6 Å². The maximum Gasteiger partial charge on any atom is 0.186 e. The van der Waals surface area contributed by atoms with Crippen molar-refractivity contribution in [1.82, 2.24) is 19.6 Å². The molecule has 0 aliphatic heterocycles. The number of ether oxygens (including phenoxy) is 1. The van der Waals surface area contributed by atoms with Gasteiger partial charge in [-0.15, -0.1) is 0 Å². The zero-order valence-corrected chi connectivity index (χ0v) is 13.4. The molecule has 2 aromatic heterocycles. The molecule has 2 rings (SSSR count). The molecule has 0 saturated carbocycles. The fourth-order valence-electron chi connectivity index (χ4n) is 2.30. The first-order chi connectivity index (χ1) is 9.95. The lowest BCUT2D eigenvalue weighted by Gasteiger charge is -2.07. The zero-order chi connectivity index (χ0) is 15.6. The molecule has 0 unspecified atom stereocenters. The third-order valence-corrected chi connectivity index (χ3v) is 3.84. The lowest BCUT2D eigenvalue weighted by molar-refractivity contribution is 0.0978. The molecule has 0 N–H and O–H groups in total. The second-order valence-electron chi connectivity index (χ2n) is 4.93. The summed E-state index contributed by atoms with van der Waals surface area (Å²) in [5, 5.41) is 8.83. The van der Waals surface area contributed by atoms with E-state index in [1.807, 2.05) is 20.9 Å². The molecule has 0 aliphatic rings. The van der Waals surface area contributed by atoms with E-state index in [0.717, 1.165) is 17.0 Å². The fraction of sp³-hybridized carbons (Fsp3) is 0.500. The van der Waals surface area contributed by atoms with Gasteiger partial charge in [0.2, 0.25) is 0 Å². The molecule has 0 fully saturated rings. The number of hydrogen-bond donors (Lipinski definition) is 0.